The molecule has 0 saturated carbocycles. The van der Waals surface area contributed by atoms with E-state index in [9.17, 15) is 14.0 Å². The van der Waals surface area contributed by atoms with Crippen molar-refractivity contribution in [3.8, 4) is 0 Å². The van der Waals surface area contributed by atoms with E-state index in [1.165, 1.54) is 19.2 Å². The molecule has 2 aromatic rings. The van der Waals surface area contributed by atoms with Gasteiger partial charge in [-0.25, -0.2) is 9.18 Å². The lowest BCUT2D eigenvalue weighted by atomic mass is 10.1. The fourth-order valence-electron chi connectivity index (χ4n) is 3.87. The molecule has 7 nitrogen and oxygen atoms in total. The van der Waals surface area contributed by atoms with E-state index in [1.807, 2.05) is 13.0 Å². The SMILES string of the molecule is COC(=O)C1=C(CN2CCN(c3ccc(F)cc3)CC2)NC(=O)c2cc(C)ccc2N1. The molecular weight excluding hydrogens is 399 g/mol. The van der Waals surface area contributed by atoms with Crippen LogP contribution in [0, 0.1) is 12.7 Å². The van der Waals surface area contributed by atoms with Gasteiger partial charge in [0.25, 0.3) is 5.91 Å². The molecular formula is C23H25FN4O3. The number of ether oxygens (including phenoxy) is 1. The summed E-state index contributed by atoms with van der Waals surface area (Å²) in [5, 5.41) is 6.00. The van der Waals surface area contributed by atoms with E-state index in [0.717, 1.165) is 37.4 Å². The number of fused-ring (bicyclic) bond motifs is 1. The van der Waals surface area contributed by atoms with Crippen molar-refractivity contribution in [2.45, 2.75) is 6.92 Å². The van der Waals surface area contributed by atoms with E-state index < -0.39 is 5.97 Å². The Morgan fingerprint density at radius 1 is 1.06 bits per heavy atom. The number of esters is 1. The molecule has 1 saturated heterocycles. The molecule has 2 aliphatic heterocycles. The molecule has 0 unspecified atom stereocenters. The second kappa shape index (κ2) is 8.77. The van der Waals surface area contributed by atoms with Gasteiger partial charge in [-0.15, -0.1) is 0 Å². The van der Waals surface area contributed by atoms with Gasteiger partial charge in [0.05, 0.1) is 24.1 Å². The maximum Gasteiger partial charge on any atom is 0.356 e. The van der Waals surface area contributed by atoms with Crippen LogP contribution in [0.15, 0.2) is 53.9 Å². The van der Waals surface area contributed by atoms with E-state index in [1.54, 1.807) is 24.3 Å². The van der Waals surface area contributed by atoms with Gasteiger partial charge in [0.1, 0.15) is 11.5 Å². The molecule has 8 heteroatoms. The molecule has 0 atom stereocenters. The standard InChI is InChI=1S/C23H25FN4O3/c1-15-3-8-19-18(13-15)22(29)26-20(21(25-19)23(30)31-2)14-27-9-11-28(12-10-27)17-6-4-16(24)5-7-17/h3-8,13,25H,9-12,14H2,1-2H3,(H,26,29). The zero-order chi connectivity index (χ0) is 22.0. The van der Waals surface area contributed by atoms with Crippen molar-refractivity contribution in [1.82, 2.24) is 10.2 Å². The number of halogens is 1. The number of nitrogens with one attached hydrogen (secondary N) is 2. The van der Waals surface area contributed by atoms with Gasteiger partial charge in [0.15, 0.2) is 0 Å². The quantitative estimate of drug-likeness (QED) is 0.735. The van der Waals surface area contributed by atoms with Crippen molar-refractivity contribution in [2.24, 2.45) is 0 Å². The number of carbonyl (C=O) groups is 2. The summed E-state index contributed by atoms with van der Waals surface area (Å²) in [6.45, 7) is 5.29. The summed E-state index contributed by atoms with van der Waals surface area (Å²) < 4.78 is 18.1. The zero-order valence-corrected chi connectivity index (χ0v) is 17.6. The molecule has 162 valence electrons. The van der Waals surface area contributed by atoms with E-state index in [-0.39, 0.29) is 17.4 Å². The molecule has 2 N–H and O–H groups in total. The number of aryl methyl sites for hydroxylation is 1. The Morgan fingerprint density at radius 2 is 1.77 bits per heavy atom. The lowest BCUT2D eigenvalue weighted by molar-refractivity contribution is -0.136. The molecule has 0 spiro atoms. The highest BCUT2D eigenvalue weighted by Crippen LogP contribution is 2.25. The smallest absolute Gasteiger partial charge is 0.356 e. The Kier molecular flexibility index (Phi) is 5.90. The molecule has 2 aromatic carbocycles. The second-order valence-corrected chi connectivity index (χ2v) is 7.71. The van der Waals surface area contributed by atoms with E-state index >= 15 is 0 Å². The summed E-state index contributed by atoms with van der Waals surface area (Å²) in [6.07, 6.45) is 0. The third kappa shape index (κ3) is 4.54. The van der Waals surface area contributed by atoms with Crippen LogP contribution in [0.5, 0.6) is 0 Å². The fraction of sp³-hybridized carbons (Fsp3) is 0.304. The van der Waals surface area contributed by atoms with Gasteiger partial charge in [-0.05, 0) is 43.3 Å². The summed E-state index contributed by atoms with van der Waals surface area (Å²) in [5.74, 6) is -1.05. The van der Waals surface area contributed by atoms with E-state index in [0.29, 0.717) is 23.5 Å². The highest BCUT2D eigenvalue weighted by atomic mass is 19.1. The first-order valence-corrected chi connectivity index (χ1v) is 10.2. The summed E-state index contributed by atoms with van der Waals surface area (Å²) in [7, 11) is 1.32. The molecule has 2 heterocycles. The molecule has 0 bridgehead atoms. The van der Waals surface area contributed by atoms with Gasteiger partial charge in [-0.2, -0.15) is 0 Å². The predicted molar refractivity (Wildman–Crippen MR) is 116 cm³/mol. The molecule has 2 aliphatic rings. The Balaban J connectivity index is 1.51. The van der Waals surface area contributed by atoms with Crippen molar-refractivity contribution in [3.63, 3.8) is 0 Å². The average molecular weight is 424 g/mol. The molecule has 0 aromatic heterocycles. The minimum Gasteiger partial charge on any atom is -0.464 e. The molecule has 1 amide bonds. The monoisotopic (exact) mass is 424 g/mol. The van der Waals surface area contributed by atoms with Gasteiger partial charge in [-0.1, -0.05) is 11.6 Å². The first-order valence-electron chi connectivity index (χ1n) is 10.2. The van der Waals surface area contributed by atoms with Crippen LogP contribution in [-0.4, -0.2) is 56.6 Å². The number of hydrogen-bond acceptors (Lipinski definition) is 6. The maximum absolute atomic E-state index is 13.2. The number of piperazine rings is 1. The summed E-state index contributed by atoms with van der Waals surface area (Å²) in [6, 6.07) is 11.9. The third-order valence-corrected chi connectivity index (χ3v) is 5.58. The highest BCUT2D eigenvalue weighted by Gasteiger charge is 2.28. The van der Waals surface area contributed by atoms with E-state index in [4.69, 9.17) is 4.74 Å². The molecule has 0 aliphatic carbocycles. The van der Waals surface area contributed by atoms with Crippen LogP contribution in [0.1, 0.15) is 15.9 Å². The second-order valence-electron chi connectivity index (χ2n) is 7.71. The number of nitrogens with zero attached hydrogens (tertiary/aromatic N) is 2. The first kappa shape index (κ1) is 20.9. The molecule has 1 fully saturated rings. The van der Waals surface area contributed by atoms with Gasteiger partial charge >= 0.3 is 5.97 Å². The van der Waals surface area contributed by atoms with Crippen LogP contribution >= 0.6 is 0 Å². The number of rotatable bonds is 4. The number of carbonyl (C=O) groups excluding carboxylic acids is 2. The van der Waals surface area contributed by atoms with Gasteiger partial charge in [0, 0.05) is 38.4 Å². The van der Waals surface area contributed by atoms with Crippen molar-refractivity contribution >= 4 is 23.3 Å². The van der Waals surface area contributed by atoms with Gasteiger partial charge in [0.2, 0.25) is 0 Å². The average Bonchev–Trinajstić information content (AvgIpc) is 2.91. The van der Waals surface area contributed by atoms with Crippen LogP contribution in [0.2, 0.25) is 0 Å². The van der Waals surface area contributed by atoms with Gasteiger partial charge in [-0.3, -0.25) is 9.69 Å². The lowest BCUT2D eigenvalue weighted by Gasteiger charge is -2.36. The number of methoxy groups -OCH3 is 1. The van der Waals surface area contributed by atoms with Crippen LogP contribution in [0.3, 0.4) is 0 Å². The van der Waals surface area contributed by atoms with Crippen LogP contribution in [-0.2, 0) is 9.53 Å². The lowest BCUT2D eigenvalue weighted by Crippen LogP contribution is -2.48. The number of benzene rings is 2. The Morgan fingerprint density at radius 3 is 2.45 bits per heavy atom. The predicted octanol–water partition coefficient (Wildman–Crippen LogP) is 2.50. The van der Waals surface area contributed by atoms with Crippen molar-refractivity contribution in [3.05, 3.63) is 70.8 Å². The number of amides is 1. The Bertz CT molecular complexity index is 1030. The van der Waals surface area contributed by atoms with Crippen LogP contribution in [0.25, 0.3) is 0 Å². The third-order valence-electron chi connectivity index (χ3n) is 5.58. The fourth-order valence-corrected chi connectivity index (χ4v) is 3.87. The Hall–Kier alpha value is -3.39. The number of anilines is 2. The van der Waals surface area contributed by atoms with Crippen LogP contribution < -0.4 is 15.5 Å². The summed E-state index contributed by atoms with van der Waals surface area (Å²) >= 11 is 0. The number of hydrogen-bond donors (Lipinski definition) is 2. The molecule has 31 heavy (non-hydrogen) atoms. The first-order chi connectivity index (χ1) is 14.9. The normalized spacial score (nSPS) is 16.9. The Labute approximate surface area is 180 Å². The van der Waals surface area contributed by atoms with Crippen molar-refractivity contribution < 1.29 is 18.7 Å². The topological polar surface area (TPSA) is 73.9 Å². The highest BCUT2D eigenvalue weighted by molar-refractivity contribution is 6.05. The molecule has 4 rings (SSSR count). The molecule has 0 radical (unpaired) electrons. The van der Waals surface area contributed by atoms with Crippen LogP contribution in [0.4, 0.5) is 15.8 Å². The van der Waals surface area contributed by atoms with Crippen molar-refractivity contribution in [1.29, 1.82) is 0 Å². The van der Waals surface area contributed by atoms with Crippen molar-refractivity contribution in [2.75, 3.05) is 50.1 Å². The zero-order valence-electron chi connectivity index (χ0n) is 17.6. The summed E-state index contributed by atoms with van der Waals surface area (Å²) in [4.78, 5) is 29.7. The maximum atomic E-state index is 13.2. The largest absolute Gasteiger partial charge is 0.464 e. The minimum atomic E-state index is -0.534. The minimum absolute atomic E-state index is 0.236. The van der Waals surface area contributed by atoms with Gasteiger partial charge < -0.3 is 20.3 Å². The van der Waals surface area contributed by atoms with E-state index in [2.05, 4.69) is 20.4 Å². The summed E-state index contributed by atoms with van der Waals surface area (Å²) in [5.41, 5.74) is 3.71.